The van der Waals surface area contributed by atoms with Gasteiger partial charge < -0.3 is 15.4 Å². The van der Waals surface area contributed by atoms with Crippen molar-refractivity contribution in [1.29, 1.82) is 0 Å². The summed E-state index contributed by atoms with van der Waals surface area (Å²) in [6.07, 6.45) is 2.56. The van der Waals surface area contributed by atoms with Gasteiger partial charge in [0.2, 0.25) is 11.9 Å². The van der Waals surface area contributed by atoms with E-state index in [-0.39, 0.29) is 0 Å². The molecule has 6 nitrogen and oxygen atoms in total. The minimum Gasteiger partial charge on any atom is -0.464 e. The molecule has 1 aliphatic carbocycles. The molecule has 0 aromatic carbocycles. The fraction of sp³-hybridized carbons (Fsp3) is 0.786. The lowest BCUT2D eigenvalue weighted by atomic mass is 9.92. The first-order chi connectivity index (χ1) is 9.59. The van der Waals surface area contributed by atoms with Crippen LogP contribution in [0, 0.1) is 11.3 Å². The molecule has 0 radical (unpaired) electrons. The molecule has 1 heterocycles. The van der Waals surface area contributed by atoms with Gasteiger partial charge in [-0.25, -0.2) is 0 Å². The van der Waals surface area contributed by atoms with Crippen molar-refractivity contribution in [1.82, 2.24) is 15.0 Å². The Kier molecular flexibility index (Phi) is 4.62. The summed E-state index contributed by atoms with van der Waals surface area (Å²) >= 11 is 0. The summed E-state index contributed by atoms with van der Waals surface area (Å²) in [4.78, 5) is 12.9. The first-order valence-electron chi connectivity index (χ1n) is 7.46. The largest absolute Gasteiger partial charge is 0.464 e. The summed E-state index contributed by atoms with van der Waals surface area (Å²) < 4.78 is 5.39. The highest BCUT2D eigenvalue weighted by Gasteiger charge is 2.45. The Morgan fingerprint density at radius 1 is 1.10 bits per heavy atom. The first-order valence-corrected chi connectivity index (χ1v) is 7.46. The van der Waals surface area contributed by atoms with Gasteiger partial charge in [-0.2, -0.15) is 15.0 Å². The van der Waals surface area contributed by atoms with Crippen molar-refractivity contribution in [2.75, 3.05) is 30.3 Å². The van der Waals surface area contributed by atoms with Crippen LogP contribution >= 0.6 is 0 Å². The normalized spacial score (nSPS) is 16.1. The predicted molar refractivity (Wildman–Crippen MR) is 80.2 cm³/mol. The third-order valence-corrected chi connectivity index (χ3v) is 3.94. The maximum absolute atomic E-state index is 5.39. The van der Waals surface area contributed by atoms with Crippen LogP contribution in [0.1, 0.15) is 40.5 Å². The summed E-state index contributed by atoms with van der Waals surface area (Å²) in [6.45, 7) is 10.7. The highest BCUT2D eigenvalue weighted by Crippen LogP contribution is 2.51. The van der Waals surface area contributed by atoms with Crippen LogP contribution in [0.5, 0.6) is 6.01 Å². The molecule has 0 saturated heterocycles. The Morgan fingerprint density at radius 2 is 1.75 bits per heavy atom. The molecule has 2 N–H and O–H groups in total. The topological polar surface area (TPSA) is 72.0 Å². The molecule has 0 spiro atoms. The van der Waals surface area contributed by atoms with Crippen LogP contribution in [-0.4, -0.2) is 34.6 Å². The lowest BCUT2D eigenvalue weighted by Crippen LogP contribution is -2.22. The lowest BCUT2D eigenvalue weighted by molar-refractivity contribution is 0.312. The number of anilines is 2. The van der Waals surface area contributed by atoms with Crippen LogP contribution in [0.2, 0.25) is 0 Å². The molecule has 1 saturated carbocycles. The highest BCUT2D eigenvalue weighted by molar-refractivity contribution is 5.36. The van der Waals surface area contributed by atoms with Gasteiger partial charge in [0.05, 0.1) is 6.61 Å². The van der Waals surface area contributed by atoms with Crippen molar-refractivity contribution in [3.8, 4) is 6.01 Å². The zero-order valence-electron chi connectivity index (χ0n) is 12.9. The van der Waals surface area contributed by atoms with Crippen molar-refractivity contribution in [2.24, 2.45) is 11.3 Å². The average molecular weight is 279 g/mol. The zero-order valence-corrected chi connectivity index (χ0v) is 12.9. The fourth-order valence-electron chi connectivity index (χ4n) is 2.24. The molecule has 0 amide bonds. The number of nitrogens with zero attached hydrogens (tertiary/aromatic N) is 3. The second-order valence-corrected chi connectivity index (χ2v) is 5.60. The molecule has 20 heavy (non-hydrogen) atoms. The van der Waals surface area contributed by atoms with E-state index in [0.29, 0.717) is 35.8 Å². The average Bonchev–Trinajstić information content (AvgIpc) is 3.18. The summed E-state index contributed by atoms with van der Waals surface area (Å²) in [6, 6.07) is 0.371. The second-order valence-electron chi connectivity index (χ2n) is 5.60. The van der Waals surface area contributed by atoms with Crippen LogP contribution in [0.15, 0.2) is 0 Å². The molecule has 0 atom stereocenters. The predicted octanol–water partition coefficient (Wildman–Crippen LogP) is 2.55. The Hall–Kier alpha value is -1.59. The molecule has 1 fully saturated rings. The van der Waals surface area contributed by atoms with Gasteiger partial charge in [0.15, 0.2) is 0 Å². The van der Waals surface area contributed by atoms with Gasteiger partial charge >= 0.3 is 6.01 Å². The smallest absolute Gasteiger partial charge is 0.323 e. The third kappa shape index (κ3) is 3.49. The van der Waals surface area contributed by atoms with Gasteiger partial charge in [-0.3, -0.25) is 0 Å². The molecule has 112 valence electrons. The SMILES string of the molecule is CCNc1nc(NCC2(C(C)C)CC2)nc(OCC)n1. The molecular formula is C14H25N5O. The Balaban J connectivity index is 2.05. The maximum atomic E-state index is 5.39. The number of hydrogen-bond acceptors (Lipinski definition) is 6. The van der Waals surface area contributed by atoms with Crippen LogP contribution in [0.4, 0.5) is 11.9 Å². The van der Waals surface area contributed by atoms with Gasteiger partial charge in [-0.1, -0.05) is 13.8 Å². The molecule has 2 rings (SSSR count). The maximum Gasteiger partial charge on any atom is 0.323 e. The van der Waals surface area contributed by atoms with Crippen LogP contribution < -0.4 is 15.4 Å². The molecule has 1 aliphatic rings. The van der Waals surface area contributed by atoms with Gasteiger partial charge in [0.25, 0.3) is 0 Å². The first kappa shape index (κ1) is 14.8. The number of nitrogens with one attached hydrogen (secondary N) is 2. The number of rotatable bonds is 8. The van der Waals surface area contributed by atoms with E-state index in [1.54, 1.807) is 0 Å². The zero-order chi connectivity index (χ0) is 14.6. The summed E-state index contributed by atoms with van der Waals surface area (Å²) in [5.41, 5.74) is 0.413. The van der Waals surface area contributed by atoms with Crippen molar-refractivity contribution in [3.05, 3.63) is 0 Å². The Labute approximate surface area is 120 Å². The molecule has 1 aromatic rings. The molecule has 0 unspecified atom stereocenters. The number of ether oxygens (including phenoxy) is 1. The monoisotopic (exact) mass is 279 g/mol. The Bertz CT molecular complexity index is 421. The fourth-order valence-corrected chi connectivity index (χ4v) is 2.24. The lowest BCUT2D eigenvalue weighted by Gasteiger charge is -2.20. The quantitative estimate of drug-likeness (QED) is 0.762. The van der Waals surface area contributed by atoms with E-state index in [1.165, 1.54) is 12.8 Å². The van der Waals surface area contributed by atoms with Crippen LogP contribution in [0.25, 0.3) is 0 Å². The molecular weight excluding hydrogens is 254 g/mol. The standard InChI is InChI=1S/C14H25N5O/c1-5-15-11-17-12(19-13(18-11)20-6-2)16-9-14(7-8-14)10(3)4/h10H,5-9H2,1-4H3,(H2,15,16,17,18,19). The highest BCUT2D eigenvalue weighted by atomic mass is 16.5. The van der Waals surface area contributed by atoms with E-state index in [0.717, 1.165) is 13.1 Å². The minimum absolute atomic E-state index is 0.371. The molecule has 0 aliphatic heterocycles. The van der Waals surface area contributed by atoms with Gasteiger partial charge in [-0.05, 0) is 38.0 Å². The molecule has 0 bridgehead atoms. The van der Waals surface area contributed by atoms with E-state index in [1.807, 2.05) is 13.8 Å². The van der Waals surface area contributed by atoms with Crippen molar-refractivity contribution >= 4 is 11.9 Å². The van der Waals surface area contributed by atoms with Crippen molar-refractivity contribution in [2.45, 2.75) is 40.5 Å². The Morgan fingerprint density at radius 3 is 2.25 bits per heavy atom. The van der Waals surface area contributed by atoms with Crippen molar-refractivity contribution < 1.29 is 4.74 Å². The number of aromatic nitrogens is 3. The summed E-state index contributed by atoms with van der Waals surface area (Å²) in [7, 11) is 0. The summed E-state index contributed by atoms with van der Waals surface area (Å²) in [5.74, 6) is 1.82. The van der Waals surface area contributed by atoms with Crippen LogP contribution in [-0.2, 0) is 0 Å². The number of hydrogen-bond donors (Lipinski definition) is 2. The van der Waals surface area contributed by atoms with E-state index in [4.69, 9.17) is 4.74 Å². The minimum atomic E-state index is 0.371. The second kappa shape index (κ2) is 6.24. The molecule has 1 aromatic heterocycles. The van der Waals surface area contributed by atoms with E-state index >= 15 is 0 Å². The third-order valence-electron chi connectivity index (χ3n) is 3.94. The van der Waals surface area contributed by atoms with Gasteiger partial charge in [0.1, 0.15) is 0 Å². The van der Waals surface area contributed by atoms with Crippen molar-refractivity contribution in [3.63, 3.8) is 0 Å². The molecule has 6 heteroatoms. The van der Waals surface area contributed by atoms with Gasteiger partial charge in [-0.15, -0.1) is 0 Å². The van der Waals surface area contributed by atoms with E-state index in [9.17, 15) is 0 Å². The van der Waals surface area contributed by atoms with E-state index in [2.05, 4.69) is 39.4 Å². The van der Waals surface area contributed by atoms with E-state index < -0.39 is 0 Å². The van der Waals surface area contributed by atoms with Gasteiger partial charge in [0, 0.05) is 13.1 Å². The van der Waals surface area contributed by atoms with Crippen LogP contribution in [0.3, 0.4) is 0 Å². The summed E-state index contributed by atoms with van der Waals surface area (Å²) in [5, 5.41) is 6.44.